The molecule has 0 unspecified atom stereocenters. The summed E-state index contributed by atoms with van der Waals surface area (Å²) in [6, 6.07) is 42.8. The molecule has 33 heavy (non-hydrogen) atoms. The molecule has 0 aliphatic rings. The van der Waals surface area contributed by atoms with Gasteiger partial charge in [0.2, 0.25) is 0 Å². The Labute approximate surface area is 192 Å². The highest BCUT2D eigenvalue weighted by Crippen LogP contribution is 2.37. The Morgan fingerprint density at radius 2 is 1.18 bits per heavy atom. The molecular weight excluding hydrogens is 402 g/mol. The van der Waals surface area contributed by atoms with Gasteiger partial charge >= 0.3 is 0 Å². The van der Waals surface area contributed by atoms with E-state index in [1.165, 1.54) is 0 Å². The van der Waals surface area contributed by atoms with Crippen molar-refractivity contribution in [2.75, 3.05) is 0 Å². The summed E-state index contributed by atoms with van der Waals surface area (Å²) in [5.74, 6) is 0.0437. The molecule has 0 bridgehead atoms. The number of nitrogens with zero attached hydrogens (tertiary/aromatic N) is 1. The van der Waals surface area contributed by atoms with Crippen molar-refractivity contribution in [1.29, 1.82) is 0 Å². The van der Waals surface area contributed by atoms with Crippen LogP contribution >= 0.6 is 0 Å². The Kier molecular flexibility index (Phi) is 4.63. The highest BCUT2D eigenvalue weighted by atomic mass is 16.1. The third-order valence-corrected chi connectivity index (χ3v) is 6.18. The number of hydrogen-bond acceptors (Lipinski definition) is 1. The molecule has 0 aliphatic carbocycles. The van der Waals surface area contributed by atoms with Crippen molar-refractivity contribution in [3.05, 3.63) is 139 Å². The number of para-hydroxylation sites is 1. The number of aromatic nitrogens is 1. The molecule has 156 valence electrons. The van der Waals surface area contributed by atoms with Gasteiger partial charge in [-0.1, -0.05) is 103 Å². The van der Waals surface area contributed by atoms with Gasteiger partial charge < -0.3 is 4.57 Å². The molecule has 0 N–H and O–H groups in total. The summed E-state index contributed by atoms with van der Waals surface area (Å²) in [7, 11) is 0. The van der Waals surface area contributed by atoms with Crippen molar-refractivity contribution in [3.63, 3.8) is 0 Å². The second-order valence-electron chi connectivity index (χ2n) is 8.17. The van der Waals surface area contributed by atoms with Crippen LogP contribution < -0.4 is 0 Å². The average Bonchev–Trinajstić information content (AvgIpc) is 3.27. The molecule has 0 saturated heterocycles. The van der Waals surface area contributed by atoms with Crippen molar-refractivity contribution < 1.29 is 4.79 Å². The van der Waals surface area contributed by atoms with Crippen LogP contribution in [0.15, 0.2) is 127 Å². The quantitative estimate of drug-likeness (QED) is 0.267. The van der Waals surface area contributed by atoms with Gasteiger partial charge in [0, 0.05) is 22.2 Å². The fourth-order valence-corrected chi connectivity index (χ4v) is 4.67. The molecule has 5 aromatic carbocycles. The topological polar surface area (TPSA) is 22.0 Å². The molecule has 6 rings (SSSR count). The highest BCUT2D eigenvalue weighted by Gasteiger charge is 2.21. The Balaban J connectivity index is 1.76. The molecule has 0 spiro atoms. The summed E-state index contributed by atoms with van der Waals surface area (Å²) in [6.45, 7) is 0. The first kappa shape index (κ1) is 19.3. The monoisotopic (exact) mass is 423 g/mol. The summed E-state index contributed by atoms with van der Waals surface area (Å²) < 4.78 is 2.26. The summed E-state index contributed by atoms with van der Waals surface area (Å²) in [5, 5.41) is 2.99. The van der Waals surface area contributed by atoms with Gasteiger partial charge in [0.1, 0.15) is 0 Å². The second-order valence-corrected chi connectivity index (χ2v) is 8.17. The van der Waals surface area contributed by atoms with Gasteiger partial charge in [-0.2, -0.15) is 0 Å². The lowest BCUT2D eigenvalue weighted by molar-refractivity contribution is 0.104. The van der Waals surface area contributed by atoms with Crippen LogP contribution in [0.1, 0.15) is 15.9 Å². The van der Waals surface area contributed by atoms with E-state index in [1.807, 2.05) is 72.8 Å². The molecule has 2 nitrogen and oxygen atoms in total. The maximum Gasteiger partial charge on any atom is 0.194 e. The number of hydrogen-bond donors (Lipinski definition) is 0. The molecule has 2 heteroatoms. The zero-order valence-corrected chi connectivity index (χ0v) is 18.0. The molecule has 1 heterocycles. The Morgan fingerprint density at radius 1 is 0.576 bits per heavy atom. The normalized spacial score (nSPS) is 11.2. The van der Waals surface area contributed by atoms with E-state index in [0.29, 0.717) is 5.56 Å². The minimum Gasteiger partial charge on any atom is -0.309 e. The summed E-state index contributed by atoms with van der Waals surface area (Å²) in [6.07, 6.45) is 0. The van der Waals surface area contributed by atoms with E-state index in [0.717, 1.165) is 44.2 Å². The molecular formula is C31H21NO. The third-order valence-electron chi connectivity index (χ3n) is 6.18. The predicted octanol–water partition coefficient (Wildman–Crippen LogP) is 7.68. The third kappa shape index (κ3) is 3.24. The van der Waals surface area contributed by atoms with Gasteiger partial charge in [-0.3, -0.25) is 4.79 Å². The number of carbonyl (C=O) groups is 1. The van der Waals surface area contributed by atoms with E-state index < -0.39 is 0 Å². The lowest BCUT2D eigenvalue weighted by Crippen LogP contribution is -2.03. The largest absolute Gasteiger partial charge is 0.309 e. The van der Waals surface area contributed by atoms with Crippen LogP contribution in [0, 0.1) is 0 Å². The number of ketones is 1. The predicted molar refractivity (Wildman–Crippen MR) is 136 cm³/mol. The van der Waals surface area contributed by atoms with Gasteiger partial charge in [-0.05, 0) is 40.6 Å². The van der Waals surface area contributed by atoms with Gasteiger partial charge in [0.15, 0.2) is 5.78 Å². The smallest absolute Gasteiger partial charge is 0.194 e. The Bertz CT molecular complexity index is 1600. The van der Waals surface area contributed by atoms with E-state index in [-0.39, 0.29) is 5.78 Å². The minimum absolute atomic E-state index is 0.0437. The van der Waals surface area contributed by atoms with Crippen molar-refractivity contribution in [1.82, 2.24) is 4.57 Å². The standard InChI is InChI=1S/C31H21NO/c33-31(23-14-6-2-7-15-23)30-26-19-11-10-16-24(26)20-29-27(30)21-28(22-12-4-1-5-13-22)32(29)25-17-8-3-9-18-25/h1-21H. The number of carbonyl (C=O) groups excluding carboxylic acids is 1. The van der Waals surface area contributed by atoms with E-state index in [1.54, 1.807) is 0 Å². The number of rotatable bonds is 4. The van der Waals surface area contributed by atoms with E-state index in [4.69, 9.17) is 0 Å². The summed E-state index contributed by atoms with van der Waals surface area (Å²) >= 11 is 0. The molecule has 0 saturated carbocycles. The minimum atomic E-state index is 0.0437. The van der Waals surface area contributed by atoms with Crippen LogP contribution in [0.4, 0.5) is 0 Å². The Morgan fingerprint density at radius 3 is 1.91 bits per heavy atom. The van der Waals surface area contributed by atoms with Crippen LogP contribution in [0.2, 0.25) is 0 Å². The van der Waals surface area contributed by atoms with Gasteiger partial charge in [-0.25, -0.2) is 0 Å². The first-order chi connectivity index (χ1) is 16.3. The Hall–Kier alpha value is -4.43. The van der Waals surface area contributed by atoms with Crippen molar-refractivity contribution in [2.45, 2.75) is 0 Å². The van der Waals surface area contributed by atoms with Crippen LogP contribution in [0.3, 0.4) is 0 Å². The molecule has 6 aromatic rings. The number of fused-ring (bicyclic) bond motifs is 2. The number of benzene rings is 5. The van der Waals surface area contributed by atoms with Crippen LogP contribution in [0.5, 0.6) is 0 Å². The SMILES string of the molecule is O=C(c1ccccc1)c1c2ccccc2cc2c1cc(-c1ccccc1)n2-c1ccccc1. The van der Waals surface area contributed by atoms with Crippen molar-refractivity contribution >= 4 is 27.5 Å². The van der Waals surface area contributed by atoms with Crippen molar-refractivity contribution in [3.8, 4) is 16.9 Å². The maximum absolute atomic E-state index is 13.9. The fourth-order valence-electron chi connectivity index (χ4n) is 4.67. The van der Waals surface area contributed by atoms with E-state index in [9.17, 15) is 4.79 Å². The first-order valence-corrected chi connectivity index (χ1v) is 11.1. The van der Waals surface area contributed by atoms with E-state index >= 15 is 0 Å². The average molecular weight is 424 g/mol. The fraction of sp³-hybridized carbons (Fsp3) is 0. The highest BCUT2D eigenvalue weighted by molar-refractivity contribution is 6.24. The molecule has 1 aromatic heterocycles. The maximum atomic E-state index is 13.9. The second kappa shape index (κ2) is 7.92. The molecule has 0 amide bonds. The molecule has 0 atom stereocenters. The summed E-state index contributed by atoms with van der Waals surface area (Å²) in [5.41, 5.74) is 5.72. The van der Waals surface area contributed by atoms with Crippen molar-refractivity contribution in [2.24, 2.45) is 0 Å². The first-order valence-electron chi connectivity index (χ1n) is 11.1. The molecule has 0 radical (unpaired) electrons. The van der Waals surface area contributed by atoms with E-state index in [2.05, 4.69) is 59.2 Å². The van der Waals surface area contributed by atoms with Crippen LogP contribution in [0.25, 0.3) is 38.6 Å². The lowest BCUT2D eigenvalue weighted by atomic mass is 9.94. The lowest BCUT2D eigenvalue weighted by Gasteiger charge is -2.13. The van der Waals surface area contributed by atoms with Gasteiger partial charge in [0.05, 0.1) is 11.2 Å². The summed E-state index contributed by atoms with van der Waals surface area (Å²) in [4.78, 5) is 13.9. The molecule has 0 fully saturated rings. The van der Waals surface area contributed by atoms with Crippen LogP contribution in [-0.2, 0) is 0 Å². The molecule has 0 aliphatic heterocycles. The zero-order chi connectivity index (χ0) is 22.2. The zero-order valence-electron chi connectivity index (χ0n) is 18.0. The van der Waals surface area contributed by atoms with Gasteiger partial charge in [-0.15, -0.1) is 0 Å². The van der Waals surface area contributed by atoms with Crippen LogP contribution in [-0.4, -0.2) is 10.4 Å². The van der Waals surface area contributed by atoms with Gasteiger partial charge in [0.25, 0.3) is 0 Å².